The van der Waals surface area contributed by atoms with Gasteiger partial charge >= 0.3 is 17.9 Å². The lowest BCUT2D eigenvalue weighted by Gasteiger charge is -2.18. The van der Waals surface area contributed by atoms with Crippen LogP contribution in [0.2, 0.25) is 0 Å². The summed E-state index contributed by atoms with van der Waals surface area (Å²) in [7, 11) is 0. The molecule has 1 unspecified atom stereocenters. The third kappa shape index (κ3) is 64.1. The van der Waals surface area contributed by atoms with E-state index in [1.807, 2.05) is 0 Å². The lowest BCUT2D eigenvalue weighted by atomic mass is 10.0. The number of unbranched alkanes of at least 4 members (excludes halogenated alkanes) is 44. The topological polar surface area (TPSA) is 78.9 Å². The van der Waals surface area contributed by atoms with E-state index in [1.54, 1.807) is 0 Å². The lowest BCUT2D eigenvalue weighted by molar-refractivity contribution is -0.167. The van der Waals surface area contributed by atoms with Crippen molar-refractivity contribution in [3.63, 3.8) is 0 Å². The second-order valence-electron chi connectivity index (χ2n) is 23.1. The Labute approximate surface area is 479 Å². The van der Waals surface area contributed by atoms with Gasteiger partial charge in [-0.05, 0) is 96.3 Å². The van der Waals surface area contributed by atoms with Crippen LogP contribution in [0.5, 0.6) is 0 Å². The van der Waals surface area contributed by atoms with Crippen molar-refractivity contribution in [1.82, 2.24) is 0 Å². The average molecular weight is 1080 g/mol. The number of allylic oxidation sites excluding steroid dienone is 8. The van der Waals surface area contributed by atoms with E-state index < -0.39 is 6.10 Å². The van der Waals surface area contributed by atoms with Gasteiger partial charge in [-0.25, -0.2) is 0 Å². The maximum absolute atomic E-state index is 12.9. The highest BCUT2D eigenvalue weighted by Crippen LogP contribution is 2.18. The molecule has 0 spiro atoms. The molecule has 77 heavy (non-hydrogen) atoms. The third-order valence-electron chi connectivity index (χ3n) is 15.3. The van der Waals surface area contributed by atoms with Crippen LogP contribution in [0, 0.1) is 0 Å². The molecule has 0 rings (SSSR count). The van der Waals surface area contributed by atoms with Crippen LogP contribution >= 0.6 is 0 Å². The number of carbonyl (C=O) groups excluding carboxylic acids is 3. The van der Waals surface area contributed by atoms with Gasteiger partial charge in [-0.15, -0.1) is 0 Å². The molecule has 0 aromatic carbocycles. The Morgan fingerprint density at radius 2 is 0.481 bits per heavy atom. The summed E-state index contributed by atoms with van der Waals surface area (Å²) in [4.78, 5) is 38.2. The molecule has 0 radical (unpaired) electrons. The Bertz CT molecular complexity index is 1330. The third-order valence-corrected chi connectivity index (χ3v) is 15.3. The van der Waals surface area contributed by atoms with Crippen molar-refractivity contribution >= 4 is 17.9 Å². The van der Waals surface area contributed by atoms with Gasteiger partial charge in [0.15, 0.2) is 6.10 Å². The maximum Gasteiger partial charge on any atom is 0.306 e. The van der Waals surface area contributed by atoms with Gasteiger partial charge in [-0.2, -0.15) is 0 Å². The van der Waals surface area contributed by atoms with Crippen LogP contribution in [0.3, 0.4) is 0 Å². The molecule has 0 heterocycles. The Morgan fingerprint density at radius 3 is 0.766 bits per heavy atom. The first-order valence-corrected chi connectivity index (χ1v) is 34.1. The van der Waals surface area contributed by atoms with E-state index in [4.69, 9.17) is 14.2 Å². The standard InChI is InChI=1S/C71H130O6/c1-4-7-10-13-16-19-22-24-26-27-28-29-30-31-32-33-34-35-36-37-38-39-40-41-42-43-45-46-49-52-55-58-61-64-70(73)76-67-68(66-75-69(72)63-60-57-54-51-48-21-18-15-12-9-6-3)77-71(74)65-62-59-56-53-50-47-44-25-23-20-17-14-11-8-5-2/h15,18,22,24-25,27-28,44,68H,4-14,16-17,19-21,23,26,29-43,45-67H2,1-3H3/b18-15-,24-22-,28-27-,44-25-. The fourth-order valence-electron chi connectivity index (χ4n) is 10.1. The number of carbonyl (C=O) groups is 3. The Kier molecular flexibility index (Phi) is 63.6. The van der Waals surface area contributed by atoms with Gasteiger partial charge in [0.2, 0.25) is 0 Å². The van der Waals surface area contributed by atoms with Crippen LogP contribution in [0.15, 0.2) is 48.6 Å². The van der Waals surface area contributed by atoms with E-state index in [0.717, 1.165) is 77.0 Å². The van der Waals surface area contributed by atoms with Crippen molar-refractivity contribution in [2.75, 3.05) is 13.2 Å². The molecular formula is C71H130O6. The first-order chi connectivity index (χ1) is 38.0. The zero-order chi connectivity index (χ0) is 55.7. The van der Waals surface area contributed by atoms with Crippen LogP contribution in [0.25, 0.3) is 0 Å². The van der Waals surface area contributed by atoms with E-state index in [9.17, 15) is 14.4 Å². The first-order valence-electron chi connectivity index (χ1n) is 34.1. The minimum absolute atomic E-state index is 0.0750. The van der Waals surface area contributed by atoms with Crippen LogP contribution in [0.1, 0.15) is 367 Å². The molecule has 0 aliphatic carbocycles. The zero-order valence-electron chi connectivity index (χ0n) is 51.7. The van der Waals surface area contributed by atoms with Gasteiger partial charge in [0.25, 0.3) is 0 Å². The number of hydrogen-bond donors (Lipinski definition) is 0. The largest absolute Gasteiger partial charge is 0.462 e. The van der Waals surface area contributed by atoms with E-state index >= 15 is 0 Å². The average Bonchev–Trinajstić information content (AvgIpc) is 3.43. The van der Waals surface area contributed by atoms with Crippen molar-refractivity contribution in [2.45, 2.75) is 374 Å². The summed E-state index contributed by atoms with van der Waals surface area (Å²) in [5, 5.41) is 0. The second-order valence-corrected chi connectivity index (χ2v) is 23.1. The second kappa shape index (κ2) is 65.9. The first kappa shape index (κ1) is 74.4. The molecule has 0 aromatic rings. The molecule has 0 fully saturated rings. The normalized spacial score (nSPS) is 12.3. The fraction of sp³-hybridized carbons (Fsp3) is 0.845. The van der Waals surface area contributed by atoms with E-state index in [0.29, 0.717) is 19.3 Å². The van der Waals surface area contributed by atoms with Crippen LogP contribution in [-0.4, -0.2) is 37.2 Å². The van der Waals surface area contributed by atoms with E-state index in [2.05, 4.69) is 69.4 Å². The highest BCUT2D eigenvalue weighted by molar-refractivity contribution is 5.71. The molecule has 6 nitrogen and oxygen atoms in total. The molecule has 450 valence electrons. The van der Waals surface area contributed by atoms with Gasteiger partial charge in [-0.1, -0.05) is 301 Å². The minimum atomic E-state index is -0.778. The molecule has 0 saturated heterocycles. The molecule has 0 amide bonds. The van der Waals surface area contributed by atoms with Crippen molar-refractivity contribution in [2.24, 2.45) is 0 Å². The summed E-state index contributed by atoms with van der Waals surface area (Å²) < 4.78 is 16.9. The van der Waals surface area contributed by atoms with Crippen molar-refractivity contribution < 1.29 is 28.6 Å². The van der Waals surface area contributed by atoms with E-state index in [1.165, 1.54) is 250 Å². The SMILES string of the molecule is CCCC/C=C\CCCCCCCC(=O)OCC(COC(=O)CCCCCCCCCCCCCCCCCCCCCCC/C=C\C/C=C\CCCCCCC)OC(=O)CCCCCCC/C=C\CCCCCCCC. The minimum Gasteiger partial charge on any atom is -0.462 e. The molecular weight excluding hydrogens is 949 g/mol. The number of hydrogen-bond acceptors (Lipinski definition) is 6. The number of rotatable bonds is 63. The summed E-state index contributed by atoms with van der Waals surface area (Å²) >= 11 is 0. The summed E-state index contributed by atoms with van der Waals surface area (Å²) in [6.07, 6.45) is 83.0. The van der Waals surface area contributed by atoms with Gasteiger partial charge in [0.05, 0.1) is 0 Å². The predicted octanol–water partition coefficient (Wildman–Crippen LogP) is 23.3. The summed E-state index contributed by atoms with van der Waals surface area (Å²) in [5.74, 6) is -0.874. The van der Waals surface area contributed by atoms with Gasteiger partial charge in [-0.3, -0.25) is 14.4 Å². The molecule has 0 aliphatic rings. The van der Waals surface area contributed by atoms with Gasteiger partial charge < -0.3 is 14.2 Å². The van der Waals surface area contributed by atoms with Crippen LogP contribution < -0.4 is 0 Å². The van der Waals surface area contributed by atoms with Crippen molar-refractivity contribution in [1.29, 1.82) is 0 Å². The van der Waals surface area contributed by atoms with Crippen molar-refractivity contribution in [3.05, 3.63) is 48.6 Å². The molecule has 0 aliphatic heterocycles. The molecule has 0 saturated carbocycles. The monoisotopic (exact) mass is 1080 g/mol. The summed E-state index contributed by atoms with van der Waals surface area (Å²) in [6.45, 7) is 6.62. The lowest BCUT2D eigenvalue weighted by Crippen LogP contribution is -2.30. The van der Waals surface area contributed by atoms with E-state index in [-0.39, 0.29) is 31.1 Å². The molecule has 1 atom stereocenters. The quantitative estimate of drug-likeness (QED) is 0.0261. The number of ether oxygens (including phenoxy) is 3. The molecule has 0 aromatic heterocycles. The Hall–Kier alpha value is -2.63. The maximum atomic E-state index is 12.9. The van der Waals surface area contributed by atoms with Crippen molar-refractivity contribution in [3.8, 4) is 0 Å². The molecule has 0 N–H and O–H groups in total. The molecule has 0 bridgehead atoms. The fourth-order valence-corrected chi connectivity index (χ4v) is 10.1. The number of esters is 3. The molecule has 6 heteroatoms. The smallest absolute Gasteiger partial charge is 0.306 e. The highest BCUT2D eigenvalue weighted by atomic mass is 16.6. The zero-order valence-corrected chi connectivity index (χ0v) is 51.7. The van der Waals surface area contributed by atoms with Crippen LogP contribution in [0.4, 0.5) is 0 Å². The highest BCUT2D eigenvalue weighted by Gasteiger charge is 2.19. The summed E-state index contributed by atoms with van der Waals surface area (Å²) in [6, 6.07) is 0. The summed E-state index contributed by atoms with van der Waals surface area (Å²) in [5.41, 5.74) is 0. The van der Waals surface area contributed by atoms with Crippen LogP contribution in [-0.2, 0) is 28.6 Å². The van der Waals surface area contributed by atoms with Gasteiger partial charge in [0, 0.05) is 19.3 Å². The van der Waals surface area contributed by atoms with Gasteiger partial charge in [0.1, 0.15) is 13.2 Å². The predicted molar refractivity (Wildman–Crippen MR) is 335 cm³/mol. The Balaban J connectivity index is 4.06. The Morgan fingerprint density at radius 1 is 0.260 bits per heavy atom.